The lowest BCUT2D eigenvalue weighted by atomic mass is 10.00. The van der Waals surface area contributed by atoms with E-state index in [2.05, 4.69) is 5.32 Å². The van der Waals surface area contributed by atoms with E-state index < -0.39 is 17.6 Å². The van der Waals surface area contributed by atoms with Gasteiger partial charge in [-0.2, -0.15) is 13.2 Å². The Balaban J connectivity index is 1.84. The lowest BCUT2D eigenvalue weighted by Gasteiger charge is -2.12. The maximum Gasteiger partial charge on any atom is 0.416 e. The summed E-state index contributed by atoms with van der Waals surface area (Å²) >= 11 is 0. The number of Topliss-reactive ketones (excluding diaryl/α,β-unsaturated/α-hetero) is 1. The van der Waals surface area contributed by atoms with Gasteiger partial charge in [0.15, 0.2) is 5.78 Å². The highest BCUT2D eigenvalue weighted by Crippen LogP contribution is 2.39. The van der Waals surface area contributed by atoms with Crippen molar-refractivity contribution in [3.05, 3.63) is 101 Å². The van der Waals surface area contributed by atoms with Crippen LogP contribution < -0.4 is 5.32 Å². The summed E-state index contributed by atoms with van der Waals surface area (Å²) in [7, 11) is 0. The molecule has 1 aliphatic carbocycles. The summed E-state index contributed by atoms with van der Waals surface area (Å²) in [6.45, 7) is 0. The minimum atomic E-state index is -4.46. The number of alkyl halides is 3. The van der Waals surface area contributed by atoms with Crippen LogP contribution in [-0.4, -0.2) is 5.78 Å². The predicted octanol–water partition coefficient (Wildman–Crippen LogP) is 6.02. The van der Waals surface area contributed by atoms with E-state index in [1.807, 2.05) is 0 Å². The van der Waals surface area contributed by atoms with Crippen LogP contribution in [0.1, 0.15) is 27.0 Å². The zero-order chi connectivity index (χ0) is 19.9. The number of hydrogen-bond acceptors (Lipinski definition) is 2. The van der Waals surface area contributed by atoms with Gasteiger partial charge in [-0.3, -0.25) is 4.79 Å². The molecule has 3 aromatic rings. The first-order chi connectivity index (χ1) is 13.3. The van der Waals surface area contributed by atoms with Gasteiger partial charge in [0, 0.05) is 16.8 Å². The Kier molecular flexibility index (Phi) is 4.26. The number of ketones is 1. The van der Waals surface area contributed by atoms with E-state index in [1.165, 1.54) is 30.3 Å². The molecule has 1 aliphatic rings. The minimum Gasteiger partial charge on any atom is -0.354 e. The molecular formula is C22H13F4NO. The van der Waals surface area contributed by atoms with E-state index in [0.29, 0.717) is 28.1 Å². The molecule has 0 aliphatic heterocycles. The van der Waals surface area contributed by atoms with E-state index in [1.54, 1.807) is 30.3 Å². The lowest BCUT2D eigenvalue weighted by Crippen LogP contribution is -2.06. The summed E-state index contributed by atoms with van der Waals surface area (Å²) in [5.74, 6) is -0.742. The predicted molar refractivity (Wildman–Crippen MR) is 99.1 cm³/mol. The summed E-state index contributed by atoms with van der Waals surface area (Å²) in [5.41, 5.74) is 1.74. The first-order valence-corrected chi connectivity index (χ1v) is 8.43. The molecule has 0 spiro atoms. The Labute approximate surface area is 158 Å². The summed E-state index contributed by atoms with van der Waals surface area (Å²) in [6.07, 6.45) is -4.46. The number of benzene rings is 3. The maximum absolute atomic E-state index is 13.6. The monoisotopic (exact) mass is 383 g/mol. The van der Waals surface area contributed by atoms with Crippen molar-refractivity contribution < 1.29 is 22.4 Å². The molecule has 0 saturated carbocycles. The van der Waals surface area contributed by atoms with Gasteiger partial charge in [-0.05, 0) is 35.9 Å². The van der Waals surface area contributed by atoms with Gasteiger partial charge in [-0.1, -0.05) is 42.5 Å². The summed E-state index contributed by atoms with van der Waals surface area (Å²) < 4.78 is 52.2. The van der Waals surface area contributed by atoms with Gasteiger partial charge in [-0.25, -0.2) is 4.39 Å². The largest absolute Gasteiger partial charge is 0.416 e. The van der Waals surface area contributed by atoms with Gasteiger partial charge >= 0.3 is 6.18 Å². The molecule has 28 heavy (non-hydrogen) atoms. The van der Waals surface area contributed by atoms with Crippen molar-refractivity contribution in [2.24, 2.45) is 0 Å². The van der Waals surface area contributed by atoms with Crippen LogP contribution >= 0.6 is 0 Å². The molecule has 0 atom stereocenters. The summed E-state index contributed by atoms with van der Waals surface area (Å²) in [5, 5.41) is 3.06. The number of nitrogens with one attached hydrogen (secondary N) is 1. The van der Waals surface area contributed by atoms with Gasteiger partial charge < -0.3 is 5.32 Å². The van der Waals surface area contributed by atoms with Crippen molar-refractivity contribution in [2.45, 2.75) is 6.18 Å². The highest BCUT2D eigenvalue weighted by Gasteiger charge is 2.33. The van der Waals surface area contributed by atoms with Gasteiger partial charge in [0.2, 0.25) is 0 Å². The van der Waals surface area contributed by atoms with Crippen molar-refractivity contribution >= 4 is 22.7 Å². The lowest BCUT2D eigenvalue weighted by molar-refractivity contribution is -0.137. The molecule has 0 saturated heterocycles. The molecule has 0 bridgehead atoms. The molecule has 6 heteroatoms. The maximum atomic E-state index is 13.6. The number of anilines is 1. The molecular weight excluding hydrogens is 370 g/mol. The fourth-order valence-electron chi connectivity index (χ4n) is 3.22. The van der Waals surface area contributed by atoms with Gasteiger partial charge in [0.25, 0.3) is 0 Å². The van der Waals surface area contributed by atoms with E-state index in [-0.39, 0.29) is 11.4 Å². The van der Waals surface area contributed by atoms with E-state index >= 15 is 0 Å². The van der Waals surface area contributed by atoms with Crippen LogP contribution in [0.25, 0.3) is 11.3 Å². The standard InChI is InChI=1S/C22H13F4NO/c23-15-4-3-5-16(12-15)27-20-17-6-1-2-7-18(17)21(28)19(20)13-8-10-14(11-9-13)22(24,25)26/h1-12,27H. The molecule has 0 heterocycles. The van der Waals surface area contributed by atoms with Crippen LogP contribution in [0, 0.1) is 5.82 Å². The second-order valence-electron chi connectivity index (χ2n) is 6.34. The van der Waals surface area contributed by atoms with E-state index in [4.69, 9.17) is 0 Å². The molecule has 0 unspecified atom stereocenters. The molecule has 3 aromatic carbocycles. The Hall–Kier alpha value is -3.41. The normalized spacial score (nSPS) is 13.6. The zero-order valence-corrected chi connectivity index (χ0v) is 14.3. The summed E-state index contributed by atoms with van der Waals surface area (Å²) in [4.78, 5) is 13.0. The molecule has 0 amide bonds. The minimum absolute atomic E-state index is 0.249. The number of carbonyl (C=O) groups excluding carboxylic acids is 1. The first-order valence-electron chi connectivity index (χ1n) is 8.43. The Morgan fingerprint density at radius 2 is 1.46 bits per heavy atom. The topological polar surface area (TPSA) is 29.1 Å². The van der Waals surface area contributed by atoms with Crippen LogP contribution in [0.3, 0.4) is 0 Å². The number of fused-ring (bicyclic) bond motifs is 1. The number of rotatable bonds is 3. The molecule has 0 radical (unpaired) electrons. The number of allylic oxidation sites excluding steroid dienone is 1. The Morgan fingerprint density at radius 3 is 2.11 bits per heavy atom. The quantitative estimate of drug-likeness (QED) is 0.560. The Morgan fingerprint density at radius 1 is 0.786 bits per heavy atom. The molecule has 140 valence electrons. The van der Waals surface area contributed by atoms with Gasteiger partial charge in [-0.15, -0.1) is 0 Å². The van der Waals surface area contributed by atoms with Crippen LogP contribution in [0.2, 0.25) is 0 Å². The molecule has 1 N–H and O–H groups in total. The van der Waals surface area contributed by atoms with Crippen molar-refractivity contribution in [1.82, 2.24) is 0 Å². The zero-order valence-electron chi connectivity index (χ0n) is 14.3. The molecule has 2 nitrogen and oxygen atoms in total. The van der Waals surface area contributed by atoms with Crippen molar-refractivity contribution in [1.29, 1.82) is 0 Å². The number of halogens is 4. The fraction of sp³-hybridized carbons (Fsp3) is 0.0455. The average Bonchev–Trinajstić information content (AvgIpc) is 2.94. The van der Waals surface area contributed by atoms with Crippen LogP contribution in [0.5, 0.6) is 0 Å². The molecule has 0 fully saturated rings. The van der Waals surface area contributed by atoms with Gasteiger partial charge in [0.05, 0.1) is 16.8 Å². The third-order valence-electron chi connectivity index (χ3n) is 4.51. The Bertz CT molecular complexity index is 1100. The highest BCUT2D eigenvalue weighted by molar-refractivity contribution is 6.40. The van der Waals surface area contributed by atoms with Crippen molar-refractivity contribution in [2.75, 3.05) is 5.32 Å². The van der Waals surface area contributed by atoms with E-state index in [0.717, 1.165) is 12.1 Å². The van der Waals surface area contributed by atoms with Crippen LogP contribution in [0.15, 0.2) is 72.8 Å². The van der Waals surface area contributed by atoms with Crippen molar-refractivity contribution in [3.8, 4) is 0 Å². The third-order valence-corrected chi connectivity index (χ3v) is 4.51. The highest BCUT2D eigenvalue weighted by atomic mass is 19.4. The molecule has 4 rings (SSSR count). The van der Waals surface area contributed by atoms with Gasteiger partial charge in [0.1, 0.15) is 5.82 Å². The third kappa shape index (κ3) is 3.17. The van der Waals surface area contributed by atoms with Crippen LogP contribution in [0.4, 0.5) is 23.2 Å². The SMILES string of the molecule is O=C1C(c2ccc(C(F)(F)F)cc2)=C(Nc2cccc(F)c2)c2ccccc21. The molecule has 0 aromatic heterocycles. The number of hydrogen-bond donors (Lipinski definition) is 1. The van der Waals surface area contributed by atoms with E-state index in [9.17, 15) is 22.4 Å². The second-order valence-corrected chi connectivity index (χ2v) is 6.34. The average molecular weight is 383 g/mol. The smallest absolute Gasteiger partial charge is 0.354 e. The number of carbonyl (C=O) groups is 1. The van der Waals surface area contributed by atoms with Crippen LogP contribution in [-0.2, 0) is 6.18 Å². The van der Waals surface area contributed by atoms with Crippen molar-refractivity contribution in [3.63, 3.8) is 0 Å². The fourth-order valence-corrected chi connectivity index (χ4v) is 3.22. The first kappa shape index (κ1) is 18.0. The summed E-state index contributed by atoms with van der Waals surface area (Å²) in [6, 6.07) is 17.0. The second kappa shape index (κ2) is 6.64.